The molecule has 0 amide bonds. The van der Waals surface area contributed by atoms with Crippen molar-refractivity contribution in [2.75, 3.05) is 25.2 Å². The monoisotopic (exact) mass is 265 g/mol. The molecule has 0 bridgehead atoms. The van der Waals surface area contributed by atoms with Gasteiger partial charge in [0.25, 0.3) is 0 Å². The summed E-state index contributed by atoms with van der Waals surface area (Å²) in [5.74, 6) is 1.40. The SMILES string of the molecule is CCN(c1cc(CN)cc(C(C)C)n1)C(C)COC. The predicted octanol–water partition coefficient (Wildman–Crippen LogP) is 2.52. The van der Waals surface area contributed by atoms with E-state index in [9.17, 15) is 0 Å². The van der Waals surface area contributed by atoms with E-state index in [1.54, 1.807) is 7.11 Å². The molecule has 0 aliphatic carbocycles. The molecular formula is C15H27N3O. The average molecular weight is 265 g/mol. The fraction of sp³-hybridized carbons (Fsp3) is 0.667. The summed E-state index contributed by atoms with van der Waals surface area (Å²) in [6.45, 7) is 10.7. The highest BCUT2D eigenvalue weighted by Gasteiger charge is 2.16. The predicted molar refractivity (Wildman–Crippen MR) is 80.6 cm³/mol. The molecule has 0 spiro atoms. The van der Waals surface area contributed by atoms with Gasteiger partial charge in [0.15, 0.2) is 0 Å². The molecule has 108 valence electrons. The number of anilines is 1. The van der Waals surface area contributed by atoms with Gasteiger partial charge < -0.3 is 15.4 Å². The maximum Gasteiger partial charge on any atom is 0.129 e. The van der Waals surface area contributed by atoms with Crippen LogP contribution >= 0.6 is 0 Å². The molecule has 1 unspecified atom stereocenters. The number of rotatable bonds is 7. The maximum atomic E-state index is 5.79. The Morgan fingerprint density at radius 2 is 2.00 bits per heavy atom. The summed E-state index contributed by atoms with van der Waals surface area (Å²) >= 11 is 0. The molecule has 1 rings (SSSR count). The number of hydrogen-bond donors (Lipinski definition) is 1. The number of aromatic nitrogens is 1. The van der Waals surface area contributed by atoms with Crippen molar-refractivity contribution in [1.29, 1.82) is 0 Å². The number of likely N-dealkylation sites (N-methyl/N-ethyl adjacent to an activating group) is 1. The molecule has 4 heteroatoms. The summed E-state index contributed by atoms with van der Waals surface area (Å²) < 4.78 is 5.25. The molecule has 0 aromatic carbocycles. The van der Waals surface area contributed by atoms with Crippen molar-refractivity contribution in [2.24, 2.45) is 5.73 Å². The van der Waals surface area contributed by atoms with Crippen LogP contribution in [0.3, 0.4) is 0 Å². The van der Waals surface area contributed by atoms with Gasteiger partial charge in [-0.15, -0.1) is 0 Å². The number of pyridine rings is 1. The van der Waals surface area contributed by atoms with E-state index in [0.29, 0.717) is 25.1 Å². The number of methoxy groups -OCH3 is 1. The maximum absolute atomic E-state index is 5.79. The second kappa shape index (κ2) is 7.46. The third-order valence-electron chi connectivity index (χ3n) is 3.29. The molecule has 1 aromatic heterocycles. The number of ether oxygens (including phenoxy) is 1. The Kier molecular flexibility index (Phi) is 6.25. The van der Waals surface area contributed by atoms with Crippen LogP contribution in [0.5, 0.6) is 0 Å². The van der Waals surface area contributed by atoms with E-state index < -0.39 is 0 Å². The molecule has 4 nitrogen and oxygen atoms in total. The van der Waals surface area contributed by atoms with Gasteiger partial charge in [0.05, 0.1) is 12.6 Å². The highest BCUT2D eigenvalue weighted by molar-refractivity contribution is 5.44. The van der Waals surface area contributed by atoms with Crippen LogP contribution < -0.4 is 10.6 Å². The fourth-order valence-corrected chi connectivity index (χ4v) is 2.19. The van der Waals surface area contributed by atoms with E-state index >= 15 is 0 Å². The van der Waals surface area contributed by atoms with Crippen LogP contribution in [0.1, 0.15) is 44.9 Å². The number of nitrogens with zero attached hydrogens (tertiary/aromatic N) is 2. The molecule has 0 aliphatic rings. The van der Waals surface area contributed by atoms with Crippen LogP contribution in [0.4, 0.5) is 5.82 Å². The number of nitrogens with two attached hydrogens (primary N) is 1. The quantitative estimate of drug-likeness (QED) is 0.823. The molecule has 0 saturated heterocycles. The van der Waals surface area contributed by atoms with Crippen LogP contribution in [-0.4, -0.2) is 31.3 Å². The Morgan fingerprint density at radius 3 is 2.47 bits per heavy atom. The van der Waals surface area contributed by atoms with Crippen molar-refractivity contribution in [3.05, 3.63) is 23.4 Å². The van der Waals surface area contributed by atoms with Gasteiger partial charge in [0.2, 0.25) is 0 Å². The summed E-state index contributed by atoms with van der Waals surface area (Å²) in [5, 5.41) is 0. The molecule has 19 heavy (non-hydrogen) atoms. The molecular weight excluding hydrogens is 238 g/mol. The zero-order valence-corrected chi connectivity index (χ0v) is 12.8. The first-order valence-corrected chi connectivity index (χ1v) is 6.99. The molecule has 1 aromatic rings. The molecule has 0 aliphatic heterocycles. The zero-order chi connectivity index (χ0) is 14.4. The van der Waals surface area contributed by atoms with Crippen molar-refractivity contribution < 1.29 is 4.74 Å². The van der Waals surface area contributed by atoms with Crippen LogP contribution in [0.15, 0.2) is 12.1 Å². The highest BCUT2D eigenvalue weighted by Crippen LogP contribution is 2.21. The molecule has 1 heterocycles. The Bertz CT molecular complexity index is 393. The first-order chi connectivity index (χ1) is 9.03. The lowest BCUT2D eigenvalue weighted by Gasteiger charge is -2.29. The second-order valence-corrected chi connectivity index (χ2v) is 5.21. The van der Waals surface area contributed by atoms with Gasteiger partial charge >= 0.3 is 0 Å². The van der Waals surface area contributed by atoms with E-state index in [1.807, 2.05) is 0 Å². The zero-order valence-electron chi connectivity index (χ0n) is 12.8. The fourth-order valence-electron chi connectivity index (χ4n) is 2.19. The molecule has 0 radical (unpaired) electrons. The Morgan fingerprint density at radius 1 is 1.32 bits per heavy atom. The van der Waals surface area contributed by atoms with Crippen molar-refractivity contribution >= 4 is 5.82 Å². The van der Waals surface area contributed by atoms with Gasteiger partial charge in [-0.1, -0.05) is 13.8 Å². The van der Waals surface area contributed by atoms with Gasteiger partial charge in [-0.25, -0.2) is 4.98 Å². The van der Waals surface area contributed by atoms with Crippen LogP contribution in [0.25, 0.3) is 0 Å². The van der Waals surface area contributed by atoms with Crippen molar-refractivity contribution in [2.45, 2.75) is 46.2 Å². The van der Waals surface area contributed by atoms with E-state index in [-0.39, 0.29) is 0 Å². The smallest absolute Gasteiger partial charge is 0.129 e. The lowest BCUT2D eigenvalue weighted by molar-refractivity contribution is 0.181. The minimum absolute atomic E-state index is 0.301. The molecule has 0 fully saturated rings. The Balaban J connectivity index is 3.11. The van der Waals surface area contributed by atoms with Gasteiger partial charge in [-0.3, -0.25) is 0 Å². The first kappa shape index (κ1) is 15.9. The van der Waals surface area contributed by atoms with Gasteiger partial charge in [-0.05, 0) is 37.5 Å². The van der Waals surface area contributed by atoms with Crippen molar-refractivity contribution in [3.8, 4) is 0 Å². The van der Waals surface area contributed by atoms with E-state index in [2.05, 4.69) is 44.7 Å². The van der Waals surface area contributed by atoms with Crippen molar-refractivity contribution in [1.82, 2.24) is 4.98 Å². The van der Waals surface area contributed by atoms with E-state index in [4.69, 9.17) is 15.5 Å². The molecule has 2 N–H and O–H groups in total. The van der Waals surface area contributed by atoms with E-state index in [1.165, 1.54) is 0 Å². The van der Waals surface area contributed by atoms with Crippen LogP contribution in [0, 0.1) is 0 Å². The lowest BCUT2D eigenvalue weighted by atomic mass is 10.1. The van der Waals surface area contributed by atoms with Gasteiger partial charge in [0.1, 0.15) is 5.82 Å². The Hall–Kier alpha value is -1.13. The third kappa shape index (κ3) is 4.18. The molecule has 0 saturated carbocycles. The average Bonchev–Trinajstić information content (AvgIpc) is 2.39. The highest BCUT2D eigenvalue weighted by atomic mass is 16.5. The summed E-state index contributed by atoms with van der Waals surface area (Å²) in [4.78, 5) is 7.03. The van der Waals surface area contributed by atoms with Gasteiger partial charge in [-0.2, -0.15) is 0 Å². The summed E-state index contributed by atoms with van der Waals surface area (Å²) in [5.41, 5.74) is 8.03. The summed E-state index contributed by atoms with van der Waals surface area (Å²) in [6, 6.07) is 4.49. The first-order valence-electron chi connectivity index (χ1n) is 6.99. The van der Waals surface area contributed by atoms with Gasteiger partial charge in [0, 0.05) is 25.9 Å². The topological polar surface area (TPSA) is 51.4 Å². The van der Waals surface area contributed by atoms with Crippen LogP contribution in [0.2, 0.25) is 0 Å². The second-order valence-electron chi connectivity index (χ2n) is 5.21. The normalized spacial score (nSPS) is 12.8. The number of hydrogen-bond acceptors (Lipinski definition) is 4. The largest absolute Gasteiger partial charge is 0.383 e. The minimum Gasteiger partial charge on any atom is -0.383 e. The summed E-state index contributed by atoms with van der Waals surface area (Å²) in [6.07, 6.45) is 0. The molecule has 1 atom stereocenters. The Labute approximate surface area is 117 Å². The summed E-state index contributed by atoms with van der Waals surface area (Å²) in [7, 11) is 1.73. The lowest BCUT2D eigenvalue weighted by Crippen LogP contribution is -2.37. The van der Waals surface area contributed by atoms with Crippen LogP contribution in [-0.2, 0) is 11.3 Å². The van der Waals surface area contributed by atoms with E-state index in [0.717, 1.165) is 23.6 Å². The standard InChI is InChI=1S/C15H27N3O/c1-6-18(12(4)10-19-5)15-8-13(9-16)7-14(17-15)11(2)3/h7-8,11-12H,6,9-10,16H2,1-5H3. The minimum atomic E-state index is 0.301. The van der Waals surface area contributed by atoms with Crippen molar-refractivity contribution in [3.63, 3.8) is 0 Å². The third-order valence-corrected chi connectivity index (χ3v) is 3.29.